The Balaban J connectivity index is 0. The summed E-state index contributed by atoms with van der Waals surface area (Å²) in [4.78, 5) is 11.3. The Labute approximate surface area is 93.0 Å². The quantitative estimate of drug-likeness (QED) is 0.700. The second-order valence-corrected chi connectivity index (χ2v) is 3.66. The van der Waals surface area contributed by atoms with Gasteiger partial charge in [0, 0.05) is 0 Å². The minimum absolute atomic E-state index is 0. The molecule has 0 aliphatic carbocycles. The van der Waals surface area contributed by atoms with Gasteiger partial charge in [-0.1, -0.05) is 20.8 Å². The minimum atomic E-state index is -0.151. The van der Waals surface area contributed by atoms with Gasteiger partial charge in [0.15, 0.2) is 0 Å². The van der Waals surface area contributed by atoms with Crippen molar-refractivity contribution in [2.45, 2.75) is 39.7 Å². The molecule has 0 aromatic heterocycles. The van der Waals surface area contributed by atoms with E-state index < -0.39 is 0 Å². The summed E-state index contributed by atoms with van der Waals surface area (Å²) in [5.74, 6) is 0.357. The van der Waals surface area contributed by atoms with Gasteiger partial charge in [-0.25, -0.2) is 0 Å². The van der Waals surface area contributed by atoms with Crippen LogP contribution in [0.15, 0.2) is 0 Å². The molecule has 0 bridgehead atoms. The molecule has 0 saturated heterocycles. The first kappa shape index (κ1) is 16.2. The number of ether oxygens (including phenoxy) is 1. The number of carbonyl (C=O) groups is 1. The normalized spacial score (nSPS) is 12.1. The number of hydrogen-bond donors (Lipinski definition) is 1. The van der Waals surface area contributed by atoms with Gasteiger partial charge < -0.3 is 10.1 Å². The van der Waals surface area contributed by atoms with Gasteiger partial charge in [-0.15, -0.1) is 12.4 Å². The van der Waals surface area contributed by atoms with Crippen LogP contribution in [0.25, 0.3) is 0 Å². The summed E-state index contributed by atoms with van der Waals surface area (Å²) in [7, 11) is 1.43. The summed E-state index contributed by atoms with van der Waals surface area (Å²) in [6.07, 6.45) is 1.87. The van der Waals surface area contributed by atoms with Gasteiger partial charge in [-0.05, 0) is 25.3 Å². The van der Waals surface area contributed by atoms with Crippen LogP contribution in [-0.2, 0) is 9.53 Å². The second-order valence-electron chi connectivity index (χ2n) is 3.66. The SMILES string of the molecule is CCCN[C@@H](CC(C)C)C(=O)OC.Cl. The van der Waals surface area contributed by atoms with Gasteiger partial charge in [-0.3, -0.25) is 4.79 Å². The van der Waals surface area contributed by atoms with Crippen molar-refractivity contribution in [1.82, 2.24) is 5.32 Å². The van der Waals surface area contributed by atoms with Crippen molar-refractivity contribution >= 4 is 18.4 Å². The fraction of sp³-hybridized carbons (Fsp3) is 0.900. The first-order valence-electron chi connectivity index (χ1n) is 4.93. The fourth-order valence-corrected chi connectivity index (χ4v) is 1.20. The molecule has 0 heterocycles. The van der Waals surface area contributed by atoms with Crippen molar-refractivity contribution in [3.8, 4) is 0 Å². The Hall–Kier alpha value is -0.280. The molecule has 14 heavy (non-hydrogen) atoms. The van der Waals surface area contributed by atoms with E-state index >= 15 is 0 Å². The van der Waals surface area contributed by atoms with Crippen LogP contribution in [0.1, 0.15) is 33.6 Å². The van der Waals surface area contributed by atoms with E-state index in [2.05, 4.69) is 26.1 Å². The predicted octanol–water partition coefficient (Wildman–Crippen LogP) is 2.00. The summed E-state index contributed by atoms with van der Waals surface area (Å²) in [6, 6.07) is -0.134. The molecular weight excluding hydrogens is 202 g/mol. The zero-order valence-electron chi connectivity index (χ0n) is 9.50. The average Bonchev–Trinajstić information content (AvgIpc) is 2.10. The molecule has 3 nitrogen and oxygen atoms in total. The third kappa shape index (κ3) is 7.15. The summed E-state index contributed by atoms with van der Waals surface area (Å²) in [5, 5.41) is 3.18. The molecule has 0 radical (unpaired) electrons. The predicted molar refractivity (Wildman–Crippen MR) is 60.8 cm³/mol. The first-order valence-corrected chi connectivity index (χ1v) is 4.93. The molecular formula is C10H22ClNO2. The summed E-state index contributed by atoms with van der Waals surface area (Å²) < 4.78 is 4.71. The first-order chi connectivity index (χ1) is 6.11. The monoisotopic (exact) mass is 223 g/mol. The third-order valence-corrected chi connectivity index (χ3v) is 1.83. The van der Waals surface area contributed by atoms with Gasteiger partial charge in [-0.2, -0.15) is 0 Å². The highest BCUT2D eigenvalue weighted by Crippen LogP contribution is 2.05. The summed E-state index contributed by atoms with van der Waals surface area (Å²) in [6.45, 7) is 7.15. The fourth-order valence-electron chi connectivity index (χ4n) is 1.20. The Morgan fingerprint density at radius 1 is 1.43 bits per heavy atom. The third-order valence-electron chi connectivity index (χ3n) is 1.83. The minimum Gasteiger partial charge on any atom is -0.468 e. The molecule has 0 aliphatic heterocycles. The van der Waals surface area contributed by atoms with Crippen molar-refractivity contribution in [3.63, 3.8) is 0 Å². The van der Waals surface area contributed by atoms with E-state index in [1.165, 1.54) is 7.11 Å². The molecule has 0 amide bonds. The summed E-state index contributed by atoms with van der Waals surface area (Å²) >= 11 is 0. The van der Waals surface area contributed by atoms with E-state index in [1.807, 2.05) is 0 Å². The molecule has 86 valence electrons. The van der Waals surface area contributed by atoms with Crippen LogP contribution in [-0.4, -0.2) is 25.7 Å². The second kappa shape index (κ2) is 9.28. The standard InChI is InChI=1S/C10H21NO2.ClH/c1-5-6-11-9(7-8(2)3)10(12)13-4;/h8-9,11H,5-7H2,1-4H3;1H/t9-;/m0./s1. The van der Waals surface area contributed by atoms with E-state index in [4.69, 9.17) is 4.74 Å². The number of hydrogen-bond acceptors (Lipinski definition) is 3. The lowest BCUT2D eigenvalue weighted by Gasteiger charge is -2.17. The molecule has 0 aliphatic rings. The smallest absolute Gasteiger partial charge is 0.322 e. The van der Waals surface area contributed by atoms with Gasteiger partial charge in [0.25, 0.3) is 0 Å². The van der Waals surface area contributed by atoms with E-state index in [0.29, 0.717) is 5.92 Å². The van der Waals surface area contributed by atoms with E-state index in [-0.39, 0.29) is 24.4 Å². The van der Waals surface area contributed by atoms with E-state index in [9.17, 15) is 4.79 Å². The molecule has 0 fully saturated rings. The molecule has 1 atom stereocenters. The Bertz CT molecular complexity index is 151. The average molecular weight is 224 g/mol. The van der Waals surface area contributed by atoms with Crippen LogP contribution in [0, 0.1) is 5.92 Å². The van der Waals surface area contributed by atoms with Crippen molar-refractivity contribution in [1.29, 1.82) is 0 Å². The lowest BCUT2D eigenvalue weighted by molar-refractivity contribution is -0.143. The lowest BCUT2D eigenvalue weighted by Crippen LogP contribution is -2.39. The van der Waals surface area contributed by atoms with Crippen LogP contribution in [0.2, 0.25) is 0 Å². The van der Waals surface area contributed by atoms with Gasteiger partial charge in [0.2, 0.25) is 0 Å². The number of rotatable bonds is 6. The number of methoxy groups -OCH3 is 1. The topological polar surface area (TPSA) is 38.3 Å². The zero-order chi connectivity index (χ0) is 10.3. The summed E-state index contributed by atoms with van der Waals surface area (Å²) in [5.41, 5.74) is 0. The maximum Gasteiger partial charge on any atom is 0.322 e. The Morgan fingerprint density at radius 2 is 2.00 bits per heavy atom. The van der Waals surface area contributed by atoms with Crippen molar-refractivity contribution < 1.29 is 9.53 Å². The zero-order valence-corrected chi connectivity index (χ0v) is 10.3. The lowest BCUT2D eigenvalue weighted by atomic mass is 10.0. The van der Waals surface area contributed by atoms with Crippen LogP contribution in [0.3, 0.4) is 0 Å². The Morgan fingerprint density at radius 3 is 2.36 bits per heavy atom. The van der Waals surface area contributed by atoms with Gasteiger partial charge in [0.05, 0.1) is 7.11 Å². The van der Waals surface area contributed by atoms with Crippen molar-refractivity contribution in [3.05, 3.63) is 0 Å². The van der Waals surface area contributed by atoms with Crippen LogP contribution < -0.4 is 5.32 Å². The highest BCUT2D eigenvalue weighted by atomic mass is 35.5. The van der Waals surface area contributed by atoms with E-state index in [1.54, 1.807) is 0 Å². The van der Waals surface area contributed by atoms with Crippen LogP contribution in [0.5, 0.6) is 0 Å². The van der Waals surface area contributed by atoms with Crippen molar-refractivity contribution in [2.75, 3.05) is 13.7 Å². The molecule has 0 unspecified atom stereocenters. The van der Waals surface area contributed by atoms with Gasteiger partial charge >= 0.3 is 5.97 Å². The van der Waals surface area contributed by atoms with Crippen molar-refractivity contribution in [2.24, 2.45) is 5.92 Å². The molecule has 0 rings (SSSR count). The highest BCUT2D eigenvalue weighted by Gasteiger charge is 2.18. The van der Waals surface area contributed by atoms with E-state index in [0.717, 1.165) is 19.4 Å². The number of halogens is 1. The highest BCUT2D eigenvalue weighted by molar-refractivity contribution is 5.85. The van der Waals surface area contributed by atoms with Crippen LogP contribution >= 0.6 is 12.4 Å². The molecule has 4 heteroatoms. The number of esters is 1. The number of carbonyl (C=O) groups excluding carboxylic acids is 1. The maximum absolute atomic E-state index is 11.3. The Kier molecular flexibility index (Phi) is 10.7. The van der Waals surface area contributed by atoms with Crippen LogP contribution in [0.4, 0.5) is 0 Å². The molecule has 0 saturated carbocycles. The molecule has 0 aromatic rings. The largest absolute Gasteiger partial charge is 0.468 e. The molecule has 0 spiro atoms. The maximum atomic E-state index is 11.3. The van der Waals surface area contributed by atoms with Gasteiger partial charge in [0.1, 0.15) is 6.04 Å². The molecule has 1 N–H and O–H groups in total. The number of nitrogens with one attached hydrogen (secondary N) is 1. The molecule has 0 aromatic carbocycles.